The molecular formula is C33H39N5O2. The third-order valence-corrected chi connectivity index (χ3v) is 7.71. The van der Waals surface area contributed by atoms with Gasteiger partial charge in [0.15, 0.2) is 0 Å². The molecule has 40 heavy (non-hydrogen) atoms. The topological polar surface area (TPSA) is 71.7 Å². The van der Waals surface area contributed by atoms with E-state index in [1.807, 2.05) is 47.5 Å². The van der Waals surface area contributed by atoms with Crippen molar-refractivity contribution in [3.63, 3.8) is 0 Å². The van der Waals surface area contributed by atoms with E-state index >= 15 is 0 Å². The zero-order valence-electron chi connectivity index (χ0n) is 23.3. The van der Waals surface area contributed by atoms with Crippen LogP contribution in [0.15, 0.2) is 91.1 Å². The molecule has 0 radical (unpaired) electrons. The Hall–Kier alpha value is -4.10. The summed E-state index contributed by atoms with van der Waals surface area (Å²) in [6, 6.07) is 28.7. The molecule has 4 aromatic rings. The number of hydrogen-bond acceptors (Lipinski definition) is 4. The van der Waals surface area contributed by atoms with E-state index in [0.717, 1.165) is 49.1 Å². The molecule has 7 heteroatoms. The highest BCUT2D eigenvalue weighted by molar-refractivity contribution is 5.83. The van der Waals surface area contributed by atoms with E-state index in [4.69, 9.17) is 0 Å². The first-order valence-electron chi connectivity index (χ1n) is 14.2. The van der Waals surface area contributed by atoms with Crippen LogP contribution in [0.25, 0.3) is 10.9 Å². The number of anilines is 1. The number of para-hydroxylation sites is 2. The van der Waals surface area contributed by atoms with Gasteiger partial charge in [-0.25, -0.2) is 0 Å². The molecule has 0 bridgehead atoms. The molecule has 2 amide bonds. The molecule has 1 atom stereocenters. The number of fused-ring (bicyclic) bond motifs is 1. The van der Waals surface area contributed by atoms with Crippen molar-refractivity contribution in [3.05, 3.63) is 102 Å². The van der Waals surface area contributed by atoms with Gasteiger partial charge in [0.2, 0.25) is 11.8 Å². The second-order valence-electron chi connectivity index (χ2n) is 10.6. The van der Waals surface area contributed by atoms with Crippen molar-refractivity contribution < 1.29 is 9.59 Å². The summed E-state index contributed by atoms with van der Waals surface area (Å²) in [7, 11) is 0. The van der Waals surface area contributed by atoms with E-state index in [1.54, 1.807) is 6.92 Å². The Morgan fingerprint density at radius 3 is 2.30 bits per heavy atom. The average molecular weight is 538 g/mol. The molecule has 1 saturated heterocycles. The lowest BCUT2D eigenvalue weighted by atomic mass is 10.0. The maximum atomic E-state index is 13.8. The summed E-state index contributed by atoms with van der Waals surface area (Å²) < 4.78 is 0. The zero-order valence-corrected chi connectivity index (χ0v) is 23.3. The molecule has 5 rings (SSSR count). The number of nitrogens with one attached hydrogen (secondary N) is 2. The lowest BCUT2D eigenvalue weighted by molar-refractivity contribution is -0.133. The number of aromatic nitrogens is 1. The molecule has 0 spiro atoms. The number of amides is 2. The minimum absolute atomic E-state index is 0.0858. The number of aromatic amines is 1. The molecule has 0 aliphatic carbocycles. The Bertz CT molecular complexity index is 1380. The summed E-state index contributed by atoms with van der Waals surface area (Å²) in [5, 5.41) is 4.28. The molecular weight excluding hydrogens is 498 g/mol. The van der Waals surface area contributed by atoms with Crippen LogP contribution < -0.4 is 10.2 Å². The Morgan fingerprint density at radius 1 is 0.900 bits per heavy atom. The molecule has 1 aromatic heterocycles. The van der Waals surface area contributed by atoms with Crippen LogP contribution in [0.2, 0.25) is 0 Å². The molecule has 7 nitrogen and oxygen atoms in total. The number of hydrogen-bond donors (Lipinski definition) is 2. The van der Waals surface area contributed by atoms with Crippen LogP contribution in [0.5, 0.6) is 0 Å². The Balaban J connectivity index is 1.27. The second kappa shape index (κ2) is 13.3. The lowest BCUT2D eigenvalue weighted by Gasteiger charge is -2.37. The number of carbonyl (C=O) groups is 2. The van der Waals surface area contributed by atoms with E-state index in [9.17, 15) is 9.59 Å². The number of carbonyl (C=O) groups excluding carboxylic acids is 2. The van der Waals surface area contributed by atoms with Gasteiger partial charge < -0.3 is 20.1 Å². The van der Waals surface area contributed by atoms with E-state index in [2.05, 4.69) is 68.6 Å². The first kappa shape index (κ1) is 27.5. The van der Waals surface area contributed by atoms with E-state index in [-0.39, 0.29) is 17.9 Å². The lowest BCUT2D eigenvalue weighted by Crippen LogP contribution is -2.52. The fourth-order valence-corrected chi connectivity index (χ4v) is 5.60. The van der Waals surface area contributed by atoms with Crippen LogP contribution in [0, 0.1) is 0 Å². The van der Waals surface area contributed by atoms with E-state index in [0.29, 0.717) is 26.1 Å². The number of piperazine rings is 1. The van der Waals surface area contributed by atoms with Crippen molar-refractivity contribution >= 4 is 28.4 Å². The van der Waals surface area contributed by atoms with Crippen LogP contribution in [0.4, 0.5) is 5.69 Å². The Labute approximate surface area is 236 Å². The van der Waals surface area contributed by atoms with Gasteiger partial charge in [0, 0.05) is 69.0 Å². The van der Waals surface area contributed by atoms with Gasteiger partial charge in [0.25, 0.3) is 0 Å². The SMILES string of the molecule is CC(=O)NC(Cc1c[nH]c2ccccc12)CN(CCc1ccccc1)C(=O)CN1CCN(c2ccccc2)CC1. The van der Waals surface area contributed by atoms with Crippen LogP contribution >= 0.6 is 0 Å². The van der Waals surface area contributed by atoms with Crippen LogP contribution in [0.1, 0.15) is 18.1 Å². The van der Waals surface area contributed by atoms with Gasteiger partial charge >= 0.3 is 0 Å². The van der Waals surface area contributed by atoms with Crippen LogP contribution in [-0.4, -0.2) is 78.5 Å². The van der Waals surface area contributed by atoms with Crippen molar-refractivity contribution in [1.82, 2.24) is 20.1 Å². The monoisotopic (exact) mass is 537 g/mol. The Kier molecular flexibility index (Phi) is 9.14. The predicted molar refractivity (Wildman–Crippen MR) is 161 cm³/mol. The van der Waals surface area contributed by atoms with E-state index < -0.39 is 0 Å². The first-order valence-corrected chi connectivity index (χ1v) is 14.2. The van der Waals surface area contributed by atoms with Crippen molar-refractivity contribution in [2.75, 3.05) is 50.7 Å². The summed E-state index contributed by atoms with van der Waals surface area (Å²) in [4.78, 5) is 35.9. The average Bonchev–Trinajstić information content (AvgIpc) is 3.39. The number of H-pyrrole nitrogens is 1. The van der Waals surface area contributed by atoms with Gasteiger partial charge in [-0.2, -0.15) is 0 Å². The van der Waals surface area contributed by atoms with E-state index in [1.165, 1.54) is 11.3 Å². The fraction of sp³-hybridized carbons (Fsp3) is 0.333. The molecule has 208 valence electrons. The smallest absolute Gasteiger partial charge is 0.236 e. The van der Waals surface area contributed by atoms with Crippen LogP contribution in [-0.2, 0) is 22.4 Å². The molecule has 2 heterocycles. The van der Waals surface area contributed by atoms with Gasteiger partial charge in [-0.3, -0.25) is 14.5 Å². The highest BCUT2D eigenvalue weighted by atomic mass is 16.2. The summed E-state index contributed by atoms with van der Waals surface area (Å²) >= 11 is 0. The standard InChI is InChI=1S/C33H39N5O2/c1-26(39)35-29(22-28-23-34-32-15-9-8-14-31(28)32)24-38(17-16-27-10-4-2-5-11-27)33(40)25-36-18-20-37(21-19-36)30-12-6-3-7-13-30/h2-15,23,29,34H,16-22,24-25H2,1H3,(H,35,39). The van der Waals surface area contributed by atoms with Crippen LogP contribution in [0.3, 0.4) is 0 Å². The van der Waals surface area contributed by atoms with Crippen molar-refractivity contribution in [1.29, 1.82) is 0 Å². The van der Waals surface area contributed by atoms with Gasteiger partial charge in [-0.05, 0) is 42.2 Å². The molecule has 3 aromatic carbocycles. The highest BCUT2D eigenvalue weighted by Crippen LogP contribution is 2.20. The Morgan fingerprint density at radius 2 is 1.57 bits per heavy atom. The molecule has 1 fully saturated rings. The third kappa shape index (κ3) is 7.30. The van der Waals surface area contributed by atoms with Gasteiger partial charge in [-0.1, -0.05) is 66.7 Å². The van der Waals surface area contributed by atoms with Gasteiger partial charge in [0.05, 0.1) is 12.6 Å². The minimum Gasteiger partial charge on any atom is -0.369 e. The number of benzene rings is 3. The highest BCUT2D eigenvalue weighted by Gasteiger charge is 2.25. The summed E-state index contributed by atoms with van der Waals surface area (Å²) in [5.74, 6) is 0.0238. The largest absolute Gasteiger partial charge is 0.369 e. The first-order chi connectivity index (χ1) is 19.5. The van der Waals surface area contributed by atoms with Crippen molar-refractivity contribution in [2.45, 2.75) is 25.8 Å². The number of nitrogens with zero attached hydrogens (tertiary/aromatic N) is 3. The summed E-state index contributed by atoms with van der Waals surface area (Å²) in [6.45, 7) is 6.50. The third-order valence-electron chi connectivity index (χ3n) is 7.71. The van der Waals surface area contributed by atoms with Gasteiger partial charge in [-0.15, -0.1) is 0 Å². The number of rotatable bonds is 11. The summed E-state index contributed by atoms with van der Waals surface area (Å²) in [6.07, 6.45) is 3.44. The minimum atomic E-state index is -0.189. The zero-order chi connectivity index (χ0) is 27.7. The van der Waals surface area contributed by atoms with Crippen molar-refractivity contribution in [2.24, 2.45) is 0 Å². The quantitative estimate of drug-likeness (QED) is 0.302. The molecule has 2 N–H and O–H groups in total. The molecule has 0 saturated carbocycles. The van der Waals surface area contributed by atoms with Crippen molar-refractivity contribution in [3.8, 4) is 0 Å². The van der Waals surface area contributed by atoms with Gasteiger partial charge in [0.1, 0.15) is 0 Å². The second-order valence-corrected chi connectivity index (χ2v) is 10.6. The predicted octanol–water partition coefficient (Wildman–Crippen LogP) is 4.11. The summed E-state index contributed by atoms with van der Waals surface area (Å²) in [5.41, 5.74) is 4.64. The molecule has 1 aliphatic rings. The normalized spacial score (nSPS) is 14.7. The molecule has 1 aliphatic heterocycles. The maximum Gasteiger partial charge on any atom is 0.236 e. The molecule has 1 unspecified atom stereocenters. The fourth-order valence-electron chi connectivity index (χ4n) is 5.60. The maximum absolute atomic E-state index is 13.8.